The number of halogens is 1. The minimum atomic E-state index is -0.530. The Morgan fingerprint density at radius 2 is 1.83 bits per heavy atom. The molecule has 6 nitrogen and oxygen atoms in total. The zero-order chi connectivity index (χ0) is 24.8. The summed E-state index contributed by atoms with van der Waals surface area (Å²) < 4.78 is 6.18. The molecular weight excluding hydrogens is 518 g/mol. The van der Waals surface area contributed by atoms with Crippen LogP contribution in [-0.2, 0) is 22.4 Å². The van der Waals surface area contributed by atoms with Crippen molar-refractivity contribution in [1.29, 1.82) is 0 Å². The second-order valence-electron chi connectivity index (χ2n) is 9.40. The fourth-order valence-electron chi connectivity index (χ4n) is 5.59. The van der Waals surface area contributed by atoms with Crippen molar-refractivity contribution < 1.29 is 14.3 Å². The molecular formula is C29H26BrN3O3. The third-order valence-electron chi connectivity index (χ3n) is 7.34. The van der Waals surface area contributed by atoms with Crippen LogP contribution in [0.25, 0.3) is 10.9 Å². The van der Waals surface area contributed by atoms with Crippen molar-refractivity contribution in [3.05, 3.63) is 99.7 Å². The van der Waals surface area contributed by atoms with E-state index in [1.807, 2.05) is 65.6 Å². The summed E-state index contributed by atoms with van der Waals surface area (Å²) in [6.07, 6.45) is 1.19. The van der Waals surface area contributed by atoms with E-state index >= 15 is 0 Å². The highest BCUT2D eigenvalue weighted by atomic mass is 79.9. The standard InChI is InChI=1S/C29H26BrN3O3/c1-36-21-11-9-18(10-12-21)13-14-32-17-26(34)33-25(29(32)35)16-23-22-7-2-3-8-24(22)31-27(23)28(33)19-5-4-6-20(30)15-19/h2-12,15,25,28,31H,13-14,16-17H2,1H3/t25-,28-/m0/s1. The Balaban J connectivity index is 1.36. The molecule has 2 amide bonds. The van der Waals surface area contributed by atoms with Gasteiger partial charge in [0.15, 0.2) is 0 Å². The molecule has 0 saturated carbocycles. The first-order chi connectivity index (χ1) is 17.5. The van der Waals surface area contributed by atoms with Crippen molar-refractivity contribution in [2.75, 3.05) is 20.2 Å². The Kier molecular flexibility index (Phi) is 5.80. The van der Waals surface area contributed by atoms with Gasteiger partial charge in [-0.3, -0.25) is 9.59 Å². The molecule has 182 valence electrons. The molecule has 2 atom stereocenters. The molecule has 1 fully saturated rings. The summed E-state index contributed by atoms with van der Waals surface area (Å²) in [7, 11) is 1.64. The number of nitrogens with zero attached hydrogens (tertiary/aromatic N) is 2. The number of fused-ring (bicyclic) bond motifs is 4. The van der Waals surface area contributed by atoms with Crippen molar-refractivity contribution in [1.82, 2.24) is 14.8 Å². The number of methoxy groups -OCH3 is 1. The number of amides is 2. The molecule has 2 aliphatic rings. The first-order valence-corrected chi connectivity index (χ1v) is 12.9. The third-order valence-corrected chi connectivity index (χ3v) is 7.83. The summed E-state index contributed by atoms with van der Waals surface area (Å²) in [4.78, 5) is 34.6. The molecule has 4 aromatic rings. The smallest absolute Gasteiger partial charge is 0.246 e. The monoisotopic (exact) mass is 543 g/mol. The first kappa shape index (κ1) is 22.9. The van der Waals surface area contributed by atoms with Gasteiger partial charge in [-0.15, -0.1) is 0 Å². The van der Waals surface area contributed by atoms with Gasteiger partial charge in [0.1, 0.15) is 11.8 Å². The lowest BCUT2D eigenvalue weighted by atomic mass is 9.86. The minimum Gasteiger partial charge on any atom is -0.497 e. The summed E-state index contributed by atoms with van der Waals surface area (Å²) in [6, 6.07) is 23.2. The highest BCUT2D eigenvalue weighted by Crippen LogP contribution is 2.42. The zero-order valence-corrected chi connectivity index (χ0v) is 21.5. The zero-order valence-electron chi connectivity index (χ0n) is 19.9. The van der Waals surface area contributed by atoms with Crippen LogP contribution in [0.2, 0.25) is 0 Å². The molecule has 1 aromatic heterocycles. The van der Waals surface area contributed by atoms with Gasteiger partial charge in [-0.1, -0.05) is 58.4 Å². The van der Waals surface area contributed by atoms with E-state index in [-0.39, 0.29) is 24.4 Å². The van der Waals surface area contributed by atoms with E-state index in [9.17, 15) is 9.59 Å². The number of carbonyl (C=O) groups is 2. The molecule has 0 spiro atoms. The summed E-state index contributed by atoms with van der Waals surface area (Å²) >= 11 is 3.58. The Morgan fingerprint density at radius 3 is 2.61 bits per heavy atom. The quantitative estimate of drug-likeness (QED) is 0.390. The van der Waals surface area contributed by atoms with Crippen molar-refractivity contribution in [3.63, 3.8) is 0 Å². The van der Waals surface area contributed by atoms with E-state index in [1.54, 1.807) is 12.0 Å². The Labute approximate surface area is 218 Å². The maximum Gasteiger partial charge on any atom is 0.246 e. The number of ether oxygens (including phenoxy) is 1. The number of aromatic nitrogens is 1. The van der Waals surface area contributed by atoms with Gasteiger partial charge in [-0.05, 0) is 53.4 Å². The molecule has 0 bridgehead atoms. The minimum absolute atomic E-state index is 0.0130. The second-order valence-corrected chi connectivity index (χ2v) is 10.3. The van der Waals surface area contributed by atoms with Crippen molar-refractivity contribution in [2.24, 2.45) is 0 Å². The number of rotatable bonds is 5. The van der Waals surface area contributed by atoms with Crippen LogP contribution in [-0.4, -0.2) is 52.8 Å². The van der Waals surface area contributed by atoms with Crippen LogP contribution in [0.4, 0.5) is 0 Å². The van der Waals surface area contributed by atoms with Crippen molar-refractivity contribution in [3.8, 4) is 5.75 Å². The van der Waals surface area contributed by atoms with Gasteiger partial charge in [-0.2, -0.15) is 0 Å². The summed E-state index contributed by atoms with van der Waals surface area (Å²) in [5.74, 6) is 0.789. The maximum absolute atomic E-state index is 13.8. The van der Waals surface area contributed by atoms with Crippen LogP contribution >= 0.6 is 15.9 Å². The van der Waals surface area contributed by atoms with Crippen LogP contribution in [0, 0.1) is 0 Å². The Morgan fingerprint density at radius 1 is 1.03 bits per heavy atom. The van der Waals surface area contributed by atoms with E-state index in [0.717, 1.165) is 43.5 Å². The average Bonchev–Trinajstić information content (AvgIpc) is 3.27. The van der Waals surface area contributed by atoms with Gasteiger partial charge in [-0.25, -0.2) is 0 Å². The lowest BCUT2D eigenvalue weighted by Crippen LogP contribution is -2.63. The molecule has 6 rings (SSSR count). The Bertz CT molecular complexity index is 1460. The van der Waals surface area contributed by atoms with Gasteiger partial charge in [0.2, 0.25) is 11.8 Å². The third kappa shape index (κ3) is 3.88. The first-order valence-electron chi connectivity index (χ1n) is 12.1. The van der Waals surface area contributed by atoms with Gasteiger partial charge < -0.3 is 19.5 Å². The van der Waals surface area contributed by atoms with Crippen molar-refractivity contribution >= 4 is 38.6 Å². The number of hydrogen-bond donors (Lipinski definition) is 1. The SMILES string of the molecule is COc1ccc(CCN2CC(=O)N3[C@@H](c4cccc(Br)c4)c4[nH]c5ccccc5c4C[C@H]3C2=O)cc1. The molecule has 0 unspecified atom stereocenters. The highest BCUT2D eigenvalue weighted by molar-refractivity contribution is 9.10. The molecule has 7 heteroatoms. The molecule has 3 aromatic carbocycles. The molecule has 1 saturated heterocycles. The number of hydrogen-bond acceptors (Lipinski definition) is 3. The predicted molar refractivity (Wildman–Crippen MR) is 142 cm³/mol. The largest absolute Gasteiger partial charge is 0.497 e. The molecule has 1 N–H and O–H groups in total. The summed E-state index contributed by atoms with van der Waals surface area (Å²) in [5, 5.41) is 1.11. The molecule has 3 heterocycles. The lowest BCUT2D eigenvalue weighted by Gasteiger charge is -2.47. The van der Waals surface area contributed by atoms with E-state index < -0.39 is 6.04 Å². The van der Waals surface area contributed by atoms with E-state index in [0.29, 0.717) is 19.4 Å². The van der Waals surface area contributed by atoms with Crippen LogP contribution < -0.4 is 4.74 Å². The van der Waals surface area contributed by atoms with Gasteiger partial charge in [0.05, 0.1) is 19.7 Å². The number of nitrogens with one attached hydrogen (secondary N) is 1. The lowest BCUT2D eigenvalue weighted by molar-refractivity contribution is -0.158. The maximum atomic E-state index is 13.8. The van der Waals surface area contributed by atoms with Gasteiger partial charge >= 0.3 is 0 Å². The predicted octanol–water partition coefficient (Wildman–Crippen LogP) is 4.87. The second kappa shape index (κ2) is 9.13. The number of benzene rings is 3. The topological polar surface area (TPSA) is 65.6 Å². The normalized spacial score (nSPS) is 19.4. The highest BCUT2D eigenvalue weighted by Gasteiger charge is 2.48. The summed E-state index contributed by atoms with van der Waals surface area (Å²) in [5.41, 5.74) is 5.23. The summed E-state index contributed by atoms with van der Waals surface area (Å²) in [6.45, 7) is 0.592. The average molecular weight is 544 g/mol. The molecule has 0 radical (unpaired) electrons. The van der Waals surface area contributed by atoms with Crippen molar-refractivity contribution in [2.45, 2.75) is 24.9 Å². The Hall–Kier alpha value is -3.58. The number of piperazine rings is 1. The number of carbonyl (C=O) groups excluding carboxylic acids is 2. The molecule has 36 heavy (non-hydrogen) atoms. The number of aromatic amines is 1. The van der Waals surface area contributed by atoms with Crippen LogP contribution in [0.1, 0.15) is 28.4 Å². The molecule has 0 aliphatic carbocycles. The van der Waals surface area contributed by atoms with Crippen LogP contribution in [0.15, 0.2) is 77.3 Å². The number of H-pyrrole nitrogens is 1. The van der Waals surface area contributed by atoms with Gasteiger partial charge in [0, 0.05) is 34.0 Å². The van der Waals surface area contributed by atoms with Crippen LogP contribution in [0.5, 0.6) is 5.75 Å². The van der Waals surface area contributed by atoms with Gasteiger partial charge in [0.25, 0.3) is 0 Å². The fourth-order valence-corrected chi connectivity index (χ4v) is 6.01. The van der Waals surface area contributed by atoms with E-state index in [2.05, 4.69) is 33.0 Å². The van der Waals surface area contributed by atoms with E-state index in [1.165, 1.54) is 0 Å². The number of para-hydroxylation sites is 1. The van der Waals surface area contributed by atoms with E-state index in [4.69, 9.17) is 4.74 Å². The molecule has 2 aliphatic heterocycles. The van der Waals surface area contributed by atoms with Crippen LogP contribution in [0.3, 0.4) is 0 Å². The fraction of sp³-hybridized carbons (Fsp3) is 0.241.